The van der Waals surface area contributed by atoms with E-state index in [0.717, 1.165) is 16.7 Å². The minimum atomic E-state index is -4.15. The van der Waals surface area contributed by atoms with Gasteiger partial charge in [0.05, 0.1) is 0 Å². The maximum atomic E-state index is 11.4. The number of hydrogen-bond donors (Lipinski definition) is 3. The number of aromatic nitrogens is 1. The molecule has 10 heteroatoms. The summed E-state index contributed by atoms with van der Waals surface area (Å²) < 4.78 is 26.3. The van der Waals surface area contributed by atoms with Crippen molar-refractivity contribution in [2.45, 2.75) is 33.1 Å². The molecule has 0 saturated heterocycles. The second-order valence-electron chi connectivity index (χ2n) is 7.66. The molecule has 0 saturated carbocycles. The SMILES string of the molecule is CC(C)CN(C(N)=NS(N)(=O)=O)c1cccc(/C(=C\CCCC(=O)O)c2cccnc2)c1. The van der Waals surface area contributed by atoms with Gasteiger partial charge in [0.1, 0.15) is 0 Å². The number of carboxylic acid groups (broad SMARTS) is 1. The second kappa shape index (κ2) is 11.4. The van der Waals surface area contributed by atoms with Crippen LogP contribution in [0, 0.1) is 5.92 Å². The average molecular weight is 460 g/mol. The molecule has 0 bridgehead atoms. The Morgan fingerprint density at radius 2 is 1.97 bits per heavy atom. The Labute approximate surface area is 188 Å². The Hall–Kier alpha value is -3.24. The minimum absolute atomic E-state index is 0.0829. The lowest BCUT2D eigenvalue weighted by molar-refractivity contribution is -0.137. The van der Waals surface area contributed by atoms with Crippen LogP contribution in [0.2, 0.25) is 0 Å². The summed E-state index contributed by atoms with van der Waals surface area (Å²) in [6.45, 7) is 4.38. The highest BCUT2D eigenvalue weighted by atomic mass is 32.2. The Kier molecular flexibility index (Phi) is 8.91. The fraction of sp³-hybridized carbons (Fsp3) is 0.318. The molecular formula is C22H29N5O4S. The smallest absolute Gasteiger partial charge is 0.320 e. The molecule has 1 aromatic carbocycles. The molecule has 0 amide bonds. The van der Waals surface area contributed by atoms with Gasteiger partial charge in [0.15, 0.2) is 0 Å². The van der Waals surface area contributed by atoms with Gasteiger partial charge < -0.3 is 15.7 Å². The third-order valence-electron chi connectivity index (χ3n) is 4.43. The molecule has 1 heterocycles. The van der Waals surface area contributed by atoms with Crippen molar-refractivity contribution >= 4 is 33.4 Å². The second-order valence-corrected chi connectivity index (χ2v) is 8.88. The molecule has 1 aromatic heterocycles. The van der Waals surface area contributed by atoms with E-state index in [9.17, 15) is 13.2 Å². The first-order valence-electron chi connectivity index (χ1n) is 10.2. The van der Waals surface area contributed by atoms with Gasteiger partial charge in [0, 0.05) is 36.6 Å². The summed E-state index contributed by atoms with van der Waals surface area (Å²) in [4.78, 5) is 16.6. The highest BCUT2D eigenvalue weighted by molar-refractivity contribution is 7.88. The number of rotatable bonds is 10. The molecule has 0 unspecified atom stereocenters. The van der Waals surface area contributed by atoms with Crippen LogP contribution in [0.5, 0.6) is 0 Å². The zero-order valence-electron chi connectivity index (χ0n) is 18.2. The van der Waals surface area contributed by atoms with E-state index in [0.29, 0.717) is 25.1 Å². The number of carboxylic acids is 1. The van der Waals surface area contributed by atoms with Crippen molar-refractivity contribution < 1.29 is 18.3 Å². The molecular weight excluding hydrogens is 430 g/mol. The van der Waals surface area contributed by atoms with E-state index in [1.165, 1.54) is 0 Å². The van der Waals surface area contributed by atoms with Crippen molar-refractivity contribution in [3.63, 3.8) is 0 Å². The van der Waals surface area contributed by atoms with Crippen molar-refractivity contribution in [3.05, 3.63) is 66.0 Å². The Morgan fingerprint density at radius 3 is 2.56 bits per heavy atom. The van der Waals surface area contributed by atoms with Crippen LogP contribution < -0.4 is 15.8 Å². The van der Waals surface area contributed by atoms with Gasteiger partial charge in [-0.2, -0.15) is 8.42 Å². The molecule has 172 valence electrons. The van der Waals surface area contributed by atoms with Crippen LogP contribution in [0.25, 0.3) is 5.57 Å². The van der Waals surface area contributed by atoms with E-state index in [4.69, 9.17) is 16.0 Å². The standard InChI is InChI=1S/C22H29N5O4S/c1-16(2)15-27(22(23)26-32(24,30)31)19-9-5-7-17(13-19)20(10-3-4-11-21(28)29)18-8-6-12-25-14-18/h5-10,12-14,16H,3-4,11,15H2,1-2H3,(H2,23,26)(H,28,29)(H2,24,30,31)/b20-10+. The lowest BCUT2D eigenvalue weighted by Gasteiger charge is -2.26. The Morgan fingerprint density at radius 1 is 1.25 bits per heavy atom. The average Bonchev–Trinajstić information content (AvgIpc) is 2.71. The summed E-state index contributed by atoms with van der Waals surface area (Å²) in [6.07, 6.45) is 6.56. The molecule has 2 aromatic rings. The van der Waals surface area contributed by atoms with Crippen LogP contribution >= 0.6 is 0 Å². The topological polar surface area (TPSA) is 152 Å². The van der Waals surface area contributed by atoms with Crippen molar-refractivity contribution in [3.8, 4) is 0 Å². The van der Waals surface area contributed by atoms with Crippen LogP contribution in [0.4, 0.5) is 5.69 Å². The van der Waals surface area contributed by atoms with Crippen LogP contribution in [-0.2, 0) is 15.0 Å². The van der Waals surface area contributed by atoms with Gasteiger partial charge in [-0.15, -0.1) is 4.40 Å². The number of anilines is 1. The highest BCUT2D eigenvalue weighted by Gasteiger charge is 2.16. The number of aliphatic carboxylic acids is 1. The lowest BCUT2D eigenvalue weighted by atomic mass is 9.97. The van der Waals surface area contributed by atoms with E-state index in [2.05, 4.69) is 9.38 Å². The van der Waals surface area contributed by atoms with E-state index >= 15 is 0 Å². The summed E-state index contributed by atoms with van der Waals surface area (Å²) in [5.74, 6) is -0.888. The number of pyridine rings is 1. The summed E-state index contributed by atoms with van der Waals surface area (Å²) >= 11 is 0. The molecule has 5 N–H and O–H groups in total. The molecule has 0 atom stereocenters. The van der Waals surface area contributed by atoms with E-state index < -0.39 is 16.2 Å². The number of hydrogen-bond acceptors (Lipinski definition) is 4. The van der Waals surface area contributed by atoms with E-state index in [1.54, 1.807) is 17.3 Å². The maximum Gasteiger partial charge on any atom is 0.320 e. The first kappa shape index (κ1) is 25.0. The molecule has 2 rings (SSSR count). The zero-order chi connectivity index (χ0) is 23.7. The molecule has 0 fully saturated rings. The normalized spacial score (nSPS) is 12.8. The Balaban J connectivity index is 2.49. The number of nitrogens with two attached hydrogens (primary N) is 2. The molecule has 0 aliphatic carbocycles. The maximum absolute atomic E-state index is 11.4. The van der Waals surface area contributed by atoms with E-state index in [-0.39, 0.29) is 18.3 Å². The molecule has 0 aliphatic heterocycles. The fourth-order valence-corrected chi connectivity index (χ4v) is 3.50. The molecule has 0 aliphatic rings. The van der Waals surface area contributed by atoms with Gasteiger partial charge in [-0.3, -0.25) is 9.78 Å². The molecule has 32 heavy (non-hydrogen) atoms. The quantitative estimate of drug-likeness (QED) is 0.280. The lowest BCUT2D eigenvalue weighted by Crippen LogP contribution is -2.41. The van der Waals surface area contributed by atoms with Gasteiger partial charge in [-0.05, 0) is 48.1 Å². The van der Waals surface area contributed by atoms with Crippen molar-refractivity contribution in [2.24, 2.45) is 21.2 Å². The predicted molar refractivity (Wildman–Crippen MR) is 126 cm³/mol. The van der Waals surface area contributed by atoms with Crippen molar-refractivity contribution in [2.75, 3.05) is 11.4 Å². The number of guanidine groups is 1. The van der Waals surface area contributed by atoms with Gasteiger partial charge in [0.25, 0.3) is 0 Å². The summed E-state index contributed by atoms with van der Waals surface area (Å²) in [5.41, 5.74) is 9.25. The largest absolute Gasteiger partial charge is 0.481 e. The first-order chi connectivity index (χ1) is 15.1. The predicted octanol–water partition coefficient (Wildman–Crippen LogP) is 2.75. The monoisotopic (exact) mass is 459 g/mol. The minimum Gasteiger partial charge on any atom is -0.481 e. The number of nitrogens with zero attached hydrogens (tertiary/aromatic N) is 3. The third kappa shape index (κ3) is 8.12. The van der Waals surface area contributed by atoms with Crippen LogP contribution in [0.15, 0.2) is 59.3 Å². The fourth-order valence-electron chi connectivity index (χ4n) is 3.14. The van der Waals surface area contributed by atoms with Gasteiger partial charge in [-0.25, -0.2) is 5.14 Å². The number of carbonyl (C=O) groups is 1. The van der Waals surface area contributed by atoms with Gasteiger partial charge in [-0.1, -0.05) is 38.1 Å². The number of allylic oxidation sites excluding steroid dienone is 1. The number of unbranched alkanes of at least 4 members (excludes halogenated alkanes) is 1. The highest BCUT2D eigenvalue weighted by Crippen LogP contribution is 2.28. The van der Waals surface area contributed by atoms with Crippen LogP contribution in [0.1, 0.15) is 44.2 Å². The molecule has 0 spiro atoms. The van der Waals surface area contributed by atoms with Gasteiger partial charge in [0.2, 0.25) is 5.96 Å². The van der Waals surface area contributed by atoms with Crippen LogP contribution in [0.3, 0.4) is 0 Å². The van der Waals surface area contributed by atoms with Crippen molar-refractivity contribution in [1.29, 1.82) is 0 Å². The van der Waals surface area contributed by atoms with Gasteiger partial charge >= 0.3 is 16.2 Å². The number of benzene rings is 1. The zero-order valence-corrected chi connectivity index (χ0v) is 19.0. The molecule has 9 nitrogen and oxygen atoms in total. The van der Waals surface area contributed by atoms with Crippen molar-refractivity contribution in [1.82, 2.24) is 4.98 Å². The third-order valence-corrected chi connectivity index (χ3v) is 4.87. The first-order valence-corrected chi connectivity index (χ1v) is 11.7. The van der Waals surface area contributed by atoms with Crippen LogP contribution in [-0.4, -0.2) is 37.0 Å². The Bertz CT molecular complexity index is 1080. The molecule has 0 radical (unpaired) electrons. The summed E-state index contributed by atoms with van der Waals surface area (Å²) in [5, 5.41) is 14.0. The summed E-state index contributed by atoms with van der Waals surface area (Å²) in [6, 6.07) is 11.2. The summed E-state index contributed by atoms with van der Waals surface area (Å²) in [7, 11) is -4.15. The van der Waals surface area contributed by atoms with E-state index in [1.807, 2.05) is 56.3 Å².